The Kier molecular flexibility index (Phi) is 7.63. The van der Waals surface area contributed by atoms with Crippen molar-refractivity contribution in [2.24, 2.45) is 5.92 Å². The van der Waals surface area contributed by atoms with Crippen LogP contribution in [0.25, 0.3) is 0 Å². The van der Waals surface area contributed by atoms with Crippen LogP contribution in [0, 0.1) is 12.8 Å². The van der Waals surface area contributed by atoms with Crippen LogP contribution in [0.5, 0.6) is 17.2 Å². The van der Waals surface area contributed by atoms with E-state index in [9.17, 15) is 13.2 Å². The predicted octanol–water partition coefficient (Wildman–Crippen LogP) is 2.74. The molecule has 2 aromatic rings. The maximum absolute atomic E-state index is 12.9. The molecule has 1 fully saturated rings. The van der Waals surface area contributed by atoms with Gasteiger partial charge in [-0.25, -0.2) is 8.42 Å². The maximum atomic E-state index is 12.9. The van der Waals surface area contributed by atoms with Crippen molar-refractivity contribution >= 4 is 15.9 Å². The van der Waals surface area contributed by atoms with Crippen molar-refractivity contribution < 1.29 is 27.4 Å². The molecule has 0 radical (unpaired) electrons. The third-order valence-electron chi connectivity index (χ3n) is 5.72. The SMILES string of the molecule is COc1ccc(CNC(=O)C2CCN(S(=O)(=O)c3ccc(C)cc3)CC2)c(OC)c1OC. The molecule has 32 heavy (non-hydrogen) atoms. The van der Waals surface area contributed by atoms with Gasteiger partial charge in [-0.05, 0) is 44.0 Å². The molecule has 0 atom stereocenters. The standard InChI is InChI=1S/C23H30N2O6S/c1-16-5-8-19(9-6-16)32(27,28)25-13-11-17(12-14-25)23(26)24-15-18-7-10-20(29-2)22(31-4)21(18)30-3/h5-10,17H,11-15H2,1-4H3,(H,24,26). The number of hydrogen-bond donors (Lipinski definition) is 1. The minimum Gasteiger partial charge on any atom is -0.493 e. The number of nitrogens with zero attached hydrogens (tertiary/aromatic N) is 1. The van der Waals surface area contributed by atoms with Crippen molar-refractivity contribution in [1.29, 1.82) is 0 Å². The zero-order valence-corrected chi connectivity index (χ0v) is 19.7. The first-order chi connectivity index (χ1) is 15.3. The Balaban J connectivity index is 1.60. The number of carbonyl (C=O) groups is 1. The van der Waals surface area contributed by atoms with Crippen molar-refractivity contribution in [1.82, 2.24) is 9.62 Å². The lowest BCUT2D eigenvalue weighted by Crippen LogP contribution is -2.42. The van der Waals surface area contributed by atoms with E-state index < -0.39 is 10.0 Å². The van der Waals surface area contributed by atoms with Crippen molar-refractivity contribution in [2.45, 2.75) is 31.2 Å². The number of sulfonamides is 1. The number of rotatable bonds is 8. The minimum atomic E-state index is -3.55. The van der Waals surface area contributed by atoms with Gasteiger partial charge < -0.3 is 19.5 Å². The van der Waals surface area contributed by atoms with Crippen molar-refractivity contribution in [2.75, 3.05) is 34.4 Å². The zero-order chi connectivity index (χ0) is 23.3. The quantitative estimate of drug-likeness (QED) is 0.648. The van der Waals surface area contributed by atoms with Crippen LogP contribution in [-0.4, -0.2) is 53.0 Å². The topological polar surface area (TPSA) is 94.2 Å². The van der Waals surface area contributed by atoms with Crippen LogP contribution >= 0.6 is 0 Å². The molecule has 0 aromatic heterocycles. The Morgan fingerprint density at radius 1 is 0.969 bits per heavy atom. The van der Waals surface area contributed by atoms with Crippen molar-refractivity contribution in [3.8, 4) is 17.2 Å². The smallest absolute Gasteiger partial charge is 0.243 e. The van der Waals surface area contributed by atoms with Crippen LogP contribution in [0.15, 0.2) is 41.3 Å². The molecule has 1 saturated heterocycles. The maximum Gasteiger partial charge on any atom is 0.243 e. The van der Waals surface area contributed by atoms with Crippen LogP contribution in [0.3, 0.4) is 0 Å². The van der Waals surface area contributed by atoms with Crippen LogP contribution in [0.4, 0.5) is 0 Å². The first-order valence-electron chi connectivity index (χ1n) is 10.4. The third-order valence-corrected chi connectivity index (χ3v) is 7.64. The van der Waals surface area contributed by atoms with Crippen LogP contribution in [0.1, 0.15) is 24.0 Å². The lowest BCUT2D eigenvalue weighted by atomic mass is 9.97. The summed E-state index contributed by atoms with van der Waals surface area (Å²) in [6.07, 6.45) is 0.944. The zero-order valence-electron chi connectivity index (χ0n) is 18.9. The number of amides is 1. The number of aryl methyl sites for hydroxylation is 1. The number of piperidine rings is 1. The fourth-order valence-electron chi connectivity index (χ4n) is 3.85. The fourth-order valence-corrected chi connectivity index (χ4v) is 5.32. The summed E-state index contributed by atoms with van der Waals surface area (Å²) in [4.78, 5) is 13.0. The molecule has 1 amide bonds. The molecule has 9 heteroatoms. The number of methoxy groups -OCH3 is 3. The molecular formula is C23H30N2O6S. The molecule has 0 saturated carbocycles. The molecule has 8 nitrogen and oxygen atoms in total. The van der Waals surface area contributed by atoms with Crippen molar-refractivity contribution in [3.63, 3.8) is 0 Å². The van der Waals surface area contributed by atoms with Gasteiger partial charge in [0.1, 0.15) is 0 Å². The van der Waals surface area contributed by atoms with Gasteiger partial charge in [0, 0.05) is 31.1 Å². The van der Waals surface area contributed by atoms with Gasteiger partial charge in [-0.3, -0.25) is 4.79 Å². The largest absolute Gasteiger partial charge is 0.493 e. The molecule has 1 aliphatic rings. The summed E-state index contributed by atoms with van der Waals surface area (Å²) in [5.74, 6) is 1.17. The second-order valence-electron chi connectivity index (χ2n) is 7.70. The highest BCUT2D eigenvalue weighted by atomic mass is 32.2. The van der Waals surface area contributed by atoms with Gasteiger partial charge in [0.05, 0.1) is 26.2 Å². The van der Waals surface area contributed by atoms with Crippen LogP contribution in [0.2, 0.25) is 0 Å². The average molecular weight is 463 g/mol. The van der Waals surface area contributed by atoms with Crippen LogP contribution < -0.4 is 19.5 Å². The number of carbonyl (C=O) groups excluding carboxylic acids is 1. The molecule has 174 valence electrons. The van der Waals surface area contributed by atoms with E-state index in [-0.39, 0.29) is 23.3 Å². The second-order valence-corrected chi connectivity index (χ2v) is 9.64. The monoisotopic (exact) mass is 462 g/mol. The molecule has 0 bridgehead atoms. The summed E-state index contributed by atoms with van der Waals surface area (Å²) in [5.41, 5.74) is 1.77. The lowest BCUT2D eigenvalue weighted by Gasteiger charge is -2.30. The Morgan fingerprint density at radius 3 is 2.16 bits per heavy atom. The normalized spacial score (nSPS) is 15.2. The van der Waals surface area contributed by atoms with Gasteiger partial charge in [0.15, 0.2) is 11.5 Å². The fraction of sp³-hybridized carbons (Fsp3) is 0.435. The first kappa shape index (κ1) is 23.9. The predicted molar refractivity (Wildman–Crippen MR) is 121 cm³/mol. The van der Waals surface area contributed by atoms with Crippen molar-refractivity contribution in [3.05, 3.63) is 47.5 Å². The van der Waals surface area contributed by atoms with E-state index in [1.807, 2.05) is 13.0 Å². The van der Waals surface area contributed by atoms with E-state index in [1.54, 1.807) is 37.4 Å². The summed E-state index contributed by atoms with van der Waals surface area (Å²) in [6.45, 7) is 2.81. The molecule has 0 unspecified atom stereocenters. The van der Waals surface area contributed by atoms with Gasteiger partial charge in [-0.1, -0.05) is 17.7 Å². The summed E-state index contributed by atoms with van der Waals surface area (Å²) in [6, 6.07) is 10.4. The van der Waals surface area contributed by atoms with Gasteiger partial charge in [-0.2, -0.15) is 4.31 Å². The van der Waals surface area contributed by atoms with Gasteiger partial charge in [0.25, 0.3) is 0 Å². The van der Waals surface area contributed by atoms with E-state index >= 15 is 0 Å². The number of nitrogens with one attached hydrogen (secondary N) is 1. The highest BCUT2D eigenvalue weighted by molar-refractivity contribution is 7.89. The van der Waals surface area contributed by atoms with E-state index in [0.717, 1.165) is 11.1 Å². The lowest BCUT2D eigenvalue weighted by molar-refractivity contribution is -0.126. The summed E-state index contributed by atoms with van der Waals surface area (Å²) in [5, 5.41) is 2.94. The van der Waals surface area contributed by atoms with E-state index in [4.69, 9.17) is 14.2 Å². The number of benzene rings is 2. The minimum absolute atomic E-state index is 0.103. The molecule has 1 aliphatic heterocycles. The molecule has 2 aromatic carbocycles. The molecule has 0 spiro atoms. The Morgan fingerprint density at radius 2 is 1.59 bits per heavy atom. The Labute approximate surface area is 189 Å². The van der Waals surface area contributed by atoms with E-state index in [2.05, 4.69) is 5.32 Å². The van der Waals surface area contributed by atoms with Gasteiger partial charge in [-0.15, -0.1) is 0 Å². The first-order valence-corrected chi connectivity index (χ1v) is 11.9. The van der Waals surface area contributed by atoms with Gasteiger partial charge in [0.2, 0.25) is 21.7 Å². The molecule has 3 rings (SSSR count). The second kappa shape index (κ2) is 10.2. The summed E-state index contributed by atoms with van der Waals surface area (Å²) >= 11 is 0. The summed E-state index contributed by atoms with van der Waals surface area (Å²) in [7, 11) is 1.06. The van der Waals surface area contributed by atoms with E-state index in [1.165, 1.54) is 18.5 Å². The molecule has 0 aliphatic carbocycles. The third kappa shape index (κ3) is 4.99. The Hall–Kier alpha value is -2.78. The number of hydrogen-bond acceptors (Lipinski definition) is 6. The molecule has 1 heterocycles. The summed E-state index contributed by atoms with van der Waals surface area (Å²) < 4.78 is 43.3. The number of ether oxygens (including phenoxy) is 3. The van der Waals surface area contributed by atoms with E-state index in [0.29, 0.717) is 43.2 Å². The average Bonchev–Trinajstić information content (AvgIpc) is 2.82. The van der Waals surface area contributed by atoms with Gasteiger partial charge >= 0.3 is 0 Å². The Bertz CT molecular complexity index is 1040. The molecular weight excluding hydrogens is 432 g/mol. The van der Waals surface area contributed by atoms with Crippen LogP contribution in [-0.2, 0) is 21.4 Å². The molecule has 1 N–H and O–H groups in total. The highest BCUT2D eigenvalue weighted by Gasteiger charge is 2.32. The highest BCUT2D eigenvalue weighted by Crippen LogP contribution is 2.39.